The van der Waals surface area contributed by atoms with Gasteiger partial charge in [-0.25, -0.2) is 0 Å². The van der Waals surface area contributed by atoms with Gasteiger partial charge in [-0.15, -0.1) is 11.8 Å². The van der Waals surface area contributed by atoms with Gasteiger partial charge in [0, 0.05) is 11.3 Å². The van der Waals surface area contributed by atoms with Gasteiger partial charge in [-0.05, 0) is 0 Å². The second kappa shape index (κ2) is 3.07. The van der Waals surface area contributed by atoms with E-state index < -0.39 is 0 Å². The number of hydrogen-bond donors (Lipinski definition) is 1. The summed E-state index contributed by atoms with van der Waals surface area (Å²) in [5, 5.41) is 9.85. The highest BCUT2D eigenvalue weighted by Crippen LogP contribution is 2.35. The zero-order valence-corrected chi connectivity index (χ0v) is 7.94. The summed E-state index contributed by atoms with van der Waals surface area (Å²) in [5.74, 6) is 0.524. The molecule has 1 aliphatic heterocycles. The number of thiocarbonyl (C=S) groups is 1. The molecule has 0 bridgehead atoms. The second-order valence-electron chi connectivity index (χ2n) is 2.77. The van der Waals surface area contributed by atoms with Crippen LogP contribution in [0.5, 0.6) is 0 Å². The molecule has 2 rings (SSSR count). The van der Waals surface area contributed by atoms with E-state index in [2.05, 4.69) is 6.08 Å². The molecule has 1 N–H and O–H groups in total. The van der Waals surface area contributed by atoms with Crippen LogP contribution < -0.4 is 0 Å². The lowest BCUT2D eigenvalue weighted by molar-refractivity contribution is 0.359. The van der Waals surface area contributed by atoms with E-state index in [0.717, 1.165) is 4.20 Å². The first-order valence-corrected chi connectivity index (χ1v) is 5.02. The van der Waals surface area contributed by atoms with E-state index in [0.29, 0.717) is 11.0 Å². The predicted molar refractivity (Wildman–Crippen MR) is 56.5 cm³/mol. The Hall–Kier alpha value is -0.540. The molecule has 0 aromatic heterocycles. The Labute approximate surface area is 80.9 Å². The zero-order chi connectivity index (χ0) is 8.55. The van der Waals surface area contributed by atoms with E-state index in [9.17, 15) is 5.11 Å². The van der Waals surface area contributed by atoms with E-state index in [4.69, 9.17) is 12.2 Å². The first kappa shape index (κ1) is 8.08. The minimum Gasteiger partial charge on any atom is -0.512 e. The summed E-state index contributed by atoms with van der Waals surface area (Å²) in [6.45, 7) is 0. The molecular formula is C9H8OS2. The maximum absolute atomic E-state index is 9.55. The Morgan fingerprint density at radius 1 is 1.33 bits per heavy atom. The molecule has 0 aromatic rings. The predicted octanol–water partition coefficient (Wildman–Crippen LogP) is 2.61. The molecule has 0 saturated carbocycles. The highest BCUT2D eigenvalue weighted by atomic mass is 32.2. The summed E-state index contributed by atoms with van der Waals surface area (Å²) in [4.78, 5) is 0. The Balaban J connectivity index is 2.34. The Bertz CT molecular complexity index is 302. The van der Waals surface area contributed by atoms with Crippen LogP contribution in [0.25, 0.3) is 0 Å². The molecule has 3 heteroatoms. The van der Waals surface area contributed by atoms with E-state index >= 15 is 0 Å². The van der Waals surface area contributed by atoms with Gasteiger partial charge in [0.25, 0.3) is 0 Å². The van der Waals surface area contributed by atoms with Gasteiger partial charge in [0.15, 0.2) is 0 Å². The van der Waals surface area contributed by atoms with Gasteiger partial charge in [-0.3, -0.25) is 0 Å². The molecule has 0 radical (unpaired) electrons. The van der Waals surface area contributed by atoms with Crippen molar-refractivity contribution >= 4 is 28.2 Å². The lowest BCUT2D eigenvalue weighted by Gasteiger charge is -2.26. The van der Waals surface area contributed by atoms with Gasteiger partial charge in [0.2, 0.25) is 0 Å². The fourth-order valence-corrected chi connectivity index (χ4v) is 2.81. The molecule has 0 saturated heterocycles. The van der Waals surface area contributed by atoms with Gasteiger partial charge in [-0.1, -0.05) is 36.5 Å². The summed E-state index contributed by atoms with van der Waals surface area (Å²) < 4.78 is 0.772. The molecule has 1 aliphatic carbocycles. The number of aliphatic hydroxyl groups excluding tert-OH is 1. The van der Waals surface area contributed by atoms with Crippen molar-refractivity contribution < 1.29 is 5.11 Å². The monoisotopic (exact) mass is 196 g/mol. The van der Waals surface area contributed by atoms with Crippen LogP contribution in [0.1, 0.15) is 0 Å². The molecular weight excluding hydrogens is 188 g/mol. The van der Waals surface area contributed by atoms with Crippen molar-refractivity contribution in [3.8, 4) is 0 Å². The van der Waals surface area contributed by atoms with Crippen molar-refractivity contribution in [2.24, 2.45) is 5.92 Å². The van der Waals surface area contributed by atoms with Crippen molar-refractivity contribution in [2.75, 3.05) is 0 Å². The summed E-state index contributed by atoms with van der Waals surface area (Å²) in [5.41, 5.74) is 0. The summed E-state index contributed by atoms with van der Waals surface area (Å²) in [6.07, 6.45) is 9.70. The SMILES string of the molecule is OC1=CC(=S)SC2C=CC=CC12. The minimum atomic E-state index is 0.131. The summed E-state index contributed by atoms with van der Waals surface area (Å²) >= 11 is 6.65. The van der Waals surface area contributed by atoms with Crippen molar-refractivity contribution in [2.45, 2.75) is 5.25 Å². The molecule has 0 fully saturated rings. The van der Waals surface area contributed by atoms with Crippen LogP contribution in [-0.4, -0.2) is 14.6 Å². The lowest BCUT2D eigenvalue weighted by Crippen LogP contribution is -2.22. The van der Waals surface area contributed by atoms with Crippen LogP contribution in [0.2, 0.25) is 0 Å². The van der Waals surface area contributed by atoms with Crippen LogP contribution in [0.3, 0.4) is 0 Å². The Kier molecular flexibility index (Phi) is 2.07. The number of rotatable bonds is 0. The fourth-order valence-electron chi connectivity index (χ4n) is 1.35. The van der Waals surface area contributed by atoms with Gasteiger partial charge in [0.05, 0.1) is 10.1 Å². The highest BCUT2D eigenvalue weighted by molar-refractivity contribution is 8.24. The highest BCUT2D eigenvalue weighted by Gasteiger charge is 2.27. The molecule has 0 amide bonds. The number of thioether (sulfide) groups is 1. The quantitative estimate of drug-likeness (QED) is 0.601. The largest absolute Gasteiger partial charge is 0.512 e. The maximum atomic E-state index is 9.55. The molecule has 12 heavy (non-hydrogen) atoms. The van der Waals surface area contributed by atoms with Crippen molar-refractivity contribution in [1.29, 1.82) is 0 Å². The topological polar surface area (TPSA) is 20.2 Å². The van der Waals surface area contributed by atoms with Crippen LogP contribution in [0.4, 0.5) is 0 Å². The normalized spacial score (nSPS) is 33.0. The smallest absolute Gasteiger partial charge is 0.102 e. The van der Waals surface area contributed by atoms with Crippen molar-refractivity contribution in [3.05, 3.63) is 36.1 Å². The van der Waals surface area contributed by atoms with Crippen LogP contribution in [-0.2, 0) is 0 Å². The third-order valence-corrected chi connectivity index (χ3v) is 3.42. The molecule has 62 valence electrons. The third-order valence-electron chi connectivity index (χ3n) is 1.94. The fraction of sp³-hybridized carbons (Fsp3) is 0.222. The van der Waals surface area contributed by atoms with Crippen LogP contribution >= 0.6 is 24.0 Å². The average Bonchev–Trinajstić information content (AvgIpc) is 2.04. The maximum Gasteiger partial charge on any atom is 0.102 e. The molecule has 1 heterocycles. The standard InChI is InChI=1S/C9H8OS2/c10-7-5-9(11)12-8-4-2-1-3-6(7)8/h1-6,8,10H. The van der Waals surface area contributed by atoms with E-state index in [1.54, 1.807) is 17.8 Å². The molecule has 2 unspecified atom stereocenters. The average molecular weight is 196 g/mol. The van der Waals surface area contributed by atoms with Gasteiger partial charge < -0.3 is 5.11 Å². The Morgan fingerprint density at radius 3 is 2.92 bits per heavy atom. The first-order chi connectivity index (χ1) is 5.77. The number of aliphatic hydroxyl groups is 1. The second-order valence-corrected chi connectivity index (χ2v) is 4.68. The Morgan fingerprint density at radius 2 is 2.08 bits per heavy atom. The van der Waals surface area contributed by atoms with E-state index in [-0.39, 0.29) is 5.92 Å². The molecule has 0 aromatic carbocycles. The molecule has 2 atom stereocenters. The molecule has 0 spiro atoms. The van der Waals surface area contributed by atoms with E-state index in [1.165, 1.54) is 0 Å². The number of hydrogen-bond acceptors (Lipinski definition) is 3. The molecule has 1 nitrogen and oxygen atoms in total. The van der Waals surface area contributed by atoms with Crippen LogP contribution in [0, 0.1) is 5.92 Å². The lowest BCUT2D eigenvalue weighted by atomic mass is 9.97. The van der Waals surface area contributed by atoms with Gasteiger partial charge >= 0.3 is 0 Å². The summed E-state index contributed by atoms with van der Waals surface area (Å²) in [7, 11) is 0. The zero-order valence-electron chi connectivity index (χ0n) is 6.31. The van der Waals surface area contributed by atoms with Gasteiger partial charge in [-0.2, -0.15) is 0 Å². The van der Waals surface area contributed by atoms with E-state index in [1.807, 2.05) is 18.2 Å². The number of allylic oxidation sites excluding steroid dienone is 3. The van der Waals surface area contributed by atoms with Gasteiger partial charge in [0.1, 0.15) is 5.76 Å². The van der Waals surface area contributed by atoms with Crippen molar-refractivity contribution in [3.63, 3.8) is 0 Å². The number of fused-ring (bicyclic) bond motifs is 1. The third kappa shape index (κ3) is 1.34. The van der Waals surface area contributed by atoms with Crippen LogP contribution in [0.15, 0.2) is 36.1 Å². The molecule has 2 aliphatic rings. The first-order valence-electron chi connectivity index (χ1n) is 3.73. The van der Waals surface area contributed by atoms with Crippen molar-refractivity contribution in [1.82, 2.24) is 0 Å². The minimum absolute atomic E-state index is 0.131. The summed E-state index contributed by atoms with van der Waals surface area (Å²) in [6, 6.07) is 0.